The summed E-state index contributed by atoms with van der Waals surface area (Å²) in [5, 5.41) is 3.55. The topological polar surface area (TPSA) is 41.6 Å². The molecule has 2 atom stereocenters. The molecule has 0 aliphatic carbocycles. The molecule has 4 nitrogen and oxygen atoms in total. The van der Waals surface area contributed by atoms with E-state index in [1.54, 1.807) is 14.0 Å². The molecule has 18 heavy (non-hydrogen) atoms. The Morgan fingerprint density at radius 3 is 3.06 bits per heavy atom. The predicted molar refractivity (Wildman–Crippen MR) is 70.0 cm³/mol. The molecule has 0 radical (unpaired) electrons. The number of fused-ring (bicyclic) bond motifs is 3. The first kappa shape index (κ1) is 11.4. The van der Waals surface area contributed by atoms with Gasteiger partial charge in [0.15, 0.2) is 0 Å². The van der Waals surface area contributed by atoms with Crippen molar-refractivity contribution in [1.29, 1.82) is 0 Å². The number of nitrogens with one attached hydrogen (secondary N) is 1. The Hall–Kier alpha value is -1.71. The molecule has 0 aromatic heterocycles. The largest absolute Gasteiger partial charge is 0.497 e. The number of piperidine rings is 1. The zero-order chi connectivity index (χ0) is 12.7. The third kappa shape index (κ3) is 1.72. The number of amides is 1. The number of likely N-dealkylation sites (tertiary alicyclic amines) is 1. The van der Waals surface area contributed by atoms with Gasteiger partial charge in [-0.25, -0.2) is 0 Å². The summed E-state index contributed by atoms with van der Waals surface area (Å²) >= 11 is 0. The number of ether oxygens (including phenoxy) is 1. The van der Waals surface area contributed by atoms with Gasteiger partial charge in [-0.2, -0.15) is 0 Å². The lowest BCUT2D eigenvalue weighted by Gasteiger charge is -2.34. The average Bonchev–Trinajstić information content (AvgIpc) is 2.75. The zero-order valence-corrected chi connectivity index (χ0v) is 10.8. The molecule has 2 unspecified atom stereocenters. The molecule has 1 aromatic carbocycles. The van der Waals surface area contributed by atoms with Crippen LogP contribution in [-0.2, 0) is 4.79 Å². The monoisotopic (exact) mass is 246 g/mol. The second kappa shape index (κ2) is 4.19. The van der Waals surface area contributed by atoms with Crippen LogP contribution < -0.4 is 10.1 Å². The van der Waals surface area contributed by atoms with E-state index in [1.807, 2.05) is 11.0 Å². The Bertz CT molecular complexity index is 487. The lowest BCUT2D eigenvalue weighted by atomic mass is 9.89. The Balaban J connectivity index is 1.90. The molecule has 1 N–H and O–H groups in total. The van der Waals surface area contributed by atoms with Crippen molar-refractivity contribution in [3.63, 3.8) is 0 Å². The average molecular weight is 246 g/mol. The first-order valence-electron chi connectivity index (χ1n) is 6.39. The van der Waals surface area contributed by atoms with Gasteiger partial charge in [0.25, 0.3) is 0 Å². The first-order valence-corrected chi connectivity index (χ1v) is 6.39. The summed E-state index contributed by atoms with van der Waals surface area (Å²) < 4.78 is 5.29. The molecule has 3 rings (SSSR count). The van der Waals surface area contributed by atoms with Crippen LogP contribution in [-0.4, -0.2) is 37.0 Å². The molecule has 4 heteroatoms. The summed E-state index contributed by atoms with van der Waals surface area (Å²) in [5.41, 5.74) is 2.47. The number of methoxy groups -OCH3 is 1. The molecule has 1 aromatic rings. The molecule has 96 valence electrons. The summed E-state index contributed by atoms with van der Waals surface area (Å²) in [6.07, 6.45) is 1.02. The van der Waals surface area contributed by atoms with Crippen LogP contribution in [0.2, 0.25) is 0 Å². The smallest absolute Gasteiger partial charge is 0.219 e. The highest BCUT2D eigenvalue weighted by Gasteiger charge is 2.37. The Labute approximate surface area is 107 Å². The van der Waals surface area contributed by atoms with Crippen molar-refractivity contribution < 1.29 is 9.53 Å². The fourth-order valence-corrected chi connectivity index (χ4v) is 3.03. The Kier molecular flexibility index (Phi) is 2.65. The molecule has 1 saturated heterocycles. The van der Waals surface area contributed by atoms with Crippen LogP contribution in [0.25, 0.3) is 0 Å². The van der Waals surface area contributed by atoms with Gasteiger partial charge in [-0.15, -0.1) is 0 Å². The minimum absolute atomic E-state index is 0.171. The summed E-state index contributed by atoms with van der Waals surface area (Å²) in [6, 6.07) is 6.61. The maximum atomic E-state index is 11.5. The minimum Gasteiger partial charge on any atom is -0.497 e. The van der Waals surface area contributed by atoms with E-state index in [4.69, 9.17) is 4.74 Å². The molecule has 1 amide bonds. The van der Waals surface area contributed by atoms with E-state index >= 15 is 0 Å². The van der Waals surface area contributed by atoms with Crippen molar-refractivity contribution in [3.05, 3.63) is 23.8 Å². The number of hydrogen-bond acceptors (Lipinski definition) is 3. The molecule has 0 spiro atoms. The van der Waals surface area contributed by atoms with E-state index in [9.17, 15) is 4.79 Å². The lowest BCUT2D eigenvalue weighted by Crippen LogP contribution is -2.44. The summed E-state index contributed by atoms with van der Waals surface area (Å²) in [4.78, 5) is 13.4. The molecule has 2 heterocycles. The van der Waals surface area contributed by atoms with Crippen molar-refractivity contribution in [2.24, 2.45) is 0 Å². The van der Waals surface area contributed by atoms with E-state index in [2.05, 4.69) is 17.4 Å². The van der Waals surface area contributed by atoms with Gasteiger partial charge < -0.3 is 15.0 Å². The first-order chi connectivity index (χ1) is 8.69. The van der Waals surface area contributed by atoms with E-state index in [1.165, 1.54) is 11.3 Å². The van der Waals surface area contributed by atoms with Crippen LogP contribution in [0.5, 0.6) is 5.75 Å². The minimum atomic E-state index is 0.171. The molecule has 0 saturated carbocycles. The second-order valence-electron chi connectivity index (χ2n) is 5.06. The summed E-state index contributed by atoms with van der Waals surface area (Å²) in [6.45, 7) is 3.32. The number of nitrogens with zero attached hydrogens (tertiary/aromatic N) is 1. The standard InChI is InChI=1S/C14H18N2O2/c1-9(17)16-6-5-14-12(8-16)11-7-10(18-2)3-4-13(11)15-14/h3-4,7,12,14-15H,5-6,8H2,1-2H3. The van der Waals surface area contributed by atoms with Crippen LogP contribution in [0.4, 0.5) is 5.69 Å². The molecule has 0 bridgehead atoms. The van der Waals surface area contributed by atoms with Crippen LogP contribution in [0.3, 0.4) is 0 Å². The highest BCUT2D eigenvalue weighted by Crippen LogP contribution is 2.41. The van der Waals surface area contributed by atoms with Gasteiger partial charge >= 0.3 is 0 Å². The van der Waals surface area contributed by atoms with Gasteiger partial charge in [0.05, 0.1) is 7.11 Å². The van der Waals surface area contributed by atoms with Crippen LogP contribution in [0.1, 0.15) is 24.8 Å². The van der Waals surface area contributed by atoms with Crippen molar-refractivity contribution in [2.45, 2.75) is 25.3 Å². The predicted octanol–water partition coefficient (Wildman–Crippen LogP) is 1.83. The Morgan fingerprint density at radius 1 is 1.50 bits per heavy atom. The number of carbonyl (C=O) groups is 1. The Morgan fingerprint density at radius 2 is 2.33 bits per heavy atom. The van der Waals surface area contributed by atoms with E-state index < -0.39 is 0 Å². The number of anilines is 1. The maximum absolute atomic E-state index is 11.5. The number of rotatable bonds is 1. The van der Waals surface area contributed by atoms with Gasteiger partial charge in [0, 0.05) is 37.7 Å². The lowest BCUT2D eigenvalue weighted by molar-refractivity contribution is -0.130. The number of carbonyl (C=O) groups excluding carboxylic acids is 1. The highest BCUT2D eigenvalue weighted by molar-refractivity contribution is 5.74. The third-order valence-corrected chi connectivity index (χ3v) is 4.06. The van der Waals surface area contributed by atoms with Gasteiger partial charge in [0.2, 0.25) is 5.91 Å². The quantitative estimate of drug-likeness (QED) is 0.822. The van der Waals surface area contributed by atoms with Gasteiger partial charge in [-0.3, -0.25) is 4.79 Å². The second-order valence-corrected chi connectivity index (χ2v) is 5.06. The number of benzene rings is 1. The summed E-state index contributed by atoms with van der Waals surface area (Å²) in [7, 11) is 1.68. The molecule has 1 fully saturated rings. The van der Waals surface area contributed by atoms with Crippen molar-refractivity contribution in [3.8, 4) is 5.75 Å². The van der Waals surface area contributed by atoms with Crippen LogP contribution >= 0.6 is 0 Å². The highest BCUT2D eigenvalue weighted by atomic mass is 16.5. The molecular weight excluding hydrogens is 228 g/mol. The third-order valence-electron chi connectivity index (χ3n) is 4.06. The molecule has 2 aliphatic heterocycles. The number of hydrogen-bond donors (Lipinski definition) is 1. The van der Waals surface area contributed by atoms with Gasteiger partial charge in [0.1, 0.15) is 5.75 Å². The normalized spacial score (nSPS) is 25.1. The zero-order valence-electron chi connectivity index (χ0n) is 10.8. The van der Waals surface area contributed by atoms with E-state index in [-0.39, 0.29) is 5.91 Å². The van der Waals surface area contributed by atoms with Crippen LogP contribution in [0.15, 0.2) is 18.2 Å². The van der Waals surface area contributed by atoms with Gasteiger partial charge in [-0.05, 0) is 30.2 Å². The molecule has 2 aliphatic rings. The fraction of sp³-hybridized carbons (Fsp3) is 0.500. The fourth-order valence-electron chi connectivity index (χ4n) is 3.03. The van der Waals surface area contributed by atoms with E-state index in [0.717, 1.165) is 25.3 Å². The van der Waals surface area contributed by atoms with Gasteiger partial charge in [-0.1, -0.05) is 0 Å². The maximum Gasteiger partial charge on any atom is 0.219 e. The van der Waals surface area contributed by atoms with Crippen molar-refractivity contribution >= 4 is 11.6 Å². The molecular formula is C14H18N2O2. The SMILES string of the molecule is COc1ccc2c(c1)C1CN(C(C)=O)CCC1N2. The van der Waals surface area contributed by atoms with Crippen molar-refractivity contribution in [1.82, 2.24) is 4.90 Å². The van der Waals surface area contributed by atoms with Crippen molar-refractivity contribution in [2.75, 3.05) is 25.5 Å². The van der Waals surface area contributed by atoms with E-state index in [0.29, 0.717) is 12.0 Å². The summed E-state index contributed by atoms with van der Waals surface area (Å²) in [5.74, 6) is 1.45. The van der Waals surface area contributed by atoms with Crippen LogP contribution in [0, 0.1) is 0 Å².